The summed E-state index contributed by atoms with van der Waals surface area (Å²) in [6, 6.07) is 7.84. The van der Waals surface area contributed by atoms with E-state index in [1.165, 1.54) is 0 Å². The van der Waals surface area contributed by atoms with Gasteiger partial charge in [0.1, 0.15) is 5.75 Å². The molecule has 140 valence electrons. The second-order valence-corrected chi connectivity index (χ2v) is 6.63. The van der Waals surface area contributed by atoms with Crippen LogP contribution in [-0.2, 0) is 17.8 Å². The summed E-state index contributed by atoms with van der Waals surface area (Å²) >= 11 is 0. The molecule has 1 saturated heterocycles. The SMILES string of the molecule is CCn1ncc(C(=O)N(Cc2ccc(OC)cc2)C[C@H]2CCCO2)c1C. The predicted molar refractivity (Wildman–Crippen MR) is 99.3 cm³/mol. The van der Waals surface area contributed by atoms with Crippen LogP contribution in [0, 0.1) is 6.92 Å². The van der Waals surface area contributed by atoms with E-state index in [9.17, 15) is 4.79 Å². The Morgan fingerprint density at radius 1 is 1.38 bits per heavy atom. The van der Waals surface area contributed by atoms with Gasteiger partial charge < -0.3 is 14.4 Å². The molecule has 0 bridgehead atoms. The molecule has 6 nitrogen and oxygen atoms in total. The topological polar surface area (TPSA) is 56.6 Å². The second-order valence-electron chi connectivity index (χ2n) is 6.63. The molecule has 0 radical (unpaired) electrons. The monoisotopic (exact) mass is 357 g/mol. The maximum Gasteiger partial charge on any atom is 0.257 e. The van der Waals surface area contributed by atoms with Crippen LogP contribution in [-0.4, -0.2) is 47.0 Å². The first-order valence-corrected chi connectivity index (χ1v) is 9.18. The minimum Gasteiger partial charge on any atom is -0.497 e. The van der Waals surface area contributed by atoms with Crippen molar-refractivity contribution in [3.63, 3.8) is 0 Å². The van der Waals surface area contributed by atoms with Crippen molar-refractivity contribution >= 4 is 5.91 Å². The molecule has 0 unspecified atom stereocenters. The molecule has 0 saturated carbocycles. The van der Waals surface area contributed by atoms with Gasteiger partial charge in [-0.05, 0) is 44.4 Å². The average molecular weight is 357 g/mol. The minimum absolute atomic E-state index is 0.00789. The van der Waals surface area contributed by atoms with Gasteiger partial charge in [0.2, 0.25) is 0 Å². The molecule has 0 N–H and O–H groups in total. The number of hydrogen-bond acceptors (Lipinski definition) is 4. The van der Waals surface area contributed by atoms with Crippen LogP contribution in [0.5, 0.6) is 5.75 Å². The molecule has 2 aromatic rings. The third-order valence-electron chi connectivity index (χ3n) is 4.90. The van der Waals surface area contributed by atoms with Crippen molar-refractivity contribution in [2.24, 2.45) is 0 Å². The summed E-state index contributed by atoms with van der Waals surface area (Å²) in [5.74, 6) is 0.819. The number of hydrogen-bond donors (Lipinski definition) is 0. The summed E-state index contributed by atoms with van der Waals surface area (Å²) in [7, 11) is 1.65. The van der Waals surface area contributed by atoms with E-state index in [-0.39, 0.29) is 12.0 Å². The fourth-order valence-corrected chi connectivity index (χ4v) is 3.35. The number of aromatic nitrogens is 2. The molecule has 1 fully saturated rings. The lowest BCUT2D eigenvalue weighted by Crippen LogP contribution is -2.37. The first-order valence-electron chi connectivity index (χ1n) is 9.18. The van der Waals surface area contributed by atoms with Gasteiger partial charge in [0.05, 0.1) is 25.0 Å². The van der Waals surface area contributed by atoms with Crippen molar-refractivity contribution in [3.8, 4) is 5.75 Å². The molecule has 1 aromatic heterocycles. The summed E-state index contributed by atoms with van der Waals surface area (Å²) in [5.41, 5.74) is 2.64. The van der Waals surface area contributed by atoms with Crippen LogP contribution in [0.1, 0.15) is 41.4 Å². The quantitative estimate of drug-likeness (QED) is 0.764. The van der Waals surface area contributed by atoms with Gasteiger partial charge in [0.15, 0.2) is 0 Å². The van der Waals surface area contributed by atoms with Crippen LogP contribution in [0.3, 0.4) is 0 Å². The van der Waals surface area contributed by atoms with Crippen molar-refractivity contribution in [1.29, 1.82) is 0 Å². The number of amides is 1. The zero-order valence-electron chi connectivity index (χ0n) is 15.8. The molecule has 0 aliphatic carbocycles. The second kappa shape index (κ2) is 8.36. The molecule has 6 heteroatoms. The van der Waals surface area contributed by atoms with Gasteiger partial charge >= 0.3 is 0 Å². The lowest BCUT2D eigenvalue weighted by molar-refractivity contribution is 0.0506. The van der Waals surface area contributed by atoms with E-state index in [4.69, 9.17) is 9.47 Å². The highest BCUT2D eigenvalue weighted by molar-refractivity contribution is 5.95. The van der Waals surface area contributed by atoms with E-state index in [1.54, 1.807) is 13.3 Å². The first kappa shape index (κ1) is 18.5. The molecular formula is C20H27N3O3. The Kier molecular flexibility index (Phi) is 5.93. The maximum atomic E-state index is 13.2. The highest BCUT2D eigenvalue weighted by atomic mass is 16.5. The number of benzene rings is 1. The Balaban J connectivity index is 1.81. The van der Waals surface area contributed by atoms with E-state index >= 15 is 0 Å². The normalized spacial score (nSPS) is 16.7. The lowest BCUT2D eigenvalue weighted by atomic mass is 10.1. The maximum absolute atomic E-state index is 13.2. The predicted octanol–water partition coefficient (Wildman–Crippen LogP) is 3.04. The van der Waals surface area contributed by atoms with Crippen molar-refractivity contribution in [1.82, 2.24) is 14.7 Å². The summed E-state index contributed by atoms with van der Waals surface area (Å²) in [6.07, 6.45) is 3.85. The van der Waals surface area contributed by atoms with Crippen LogP contribution in [0.25, 0.3) is 0 Å². The highest BCUT2D eigenvalue weighted by Gasteiger charge is 2.25. The fraction of sp³-hybridized carbons (Fsp3) is 0.500. The van der Waals surface area contributed by atoms with Crippen LogP contribution in [0.2, 0.25) is 0 Å². The van der Waals surface area contributed by atoms with Gasteiger partial charge in [0.25, 0.3) is 5.91 Å². The third kappa shape index (κ3) is 4.07. The number of methoxy groups -OCH3 is 1. The molecule has 26 heavy (non-hydrogen) atoms. The highest BCUT2D eigenvalue weighted by Crippen LogP contribution is 2.20. The number of carbonyl (C=O) groups excluding carboxylic acids is 1. The van der Waals surface area contributed by atoms with E-state index in [0.29, 0.717) is 18.7 Å². The first-order chi connectivity index (χ1) is 12.6. The van der Waals surface area contributed by atoms with Gasteiger partial charge in [-0.3, -0.25) is 9.48 Å². The zero-order valence-corrected chi connectivity index (χ0v) is 15.8. The van der Waals surface area contributed by atoms with Crippen molar-refractivity contribution in [2.75, 3.05) is 20.3 Å². The average Bonchev–Trinajstić information content (AvgIpc) is 3.30. The van der Waals surface area contributed by atoms with E-state index < -0.39 is 0 Å². The molecule has 1 atom stereocenters. The largest absolute Gasteiger partial charge is 0.497 e. The van der Waals surface area contributed by atoms with Crippen molar-refractivity contribution in [3.05, 3.63) is 47.3 Å². The standard InChI is InChI=1S/C20H27N3O3/c1-4-23-15(2)19(12-21-23)20(24)22(14-18-6-5-11-26-18)13-16-7-9-17(25-3)10-8-16/h7-10,12,18H,4-6,11,13-14H2,1-3H3/t18-/m1/s1. The Bertz CT molecular complexity index is 733. The third-order valence-corrected chi connectivity index (χ3v) is 4.90. The van der Waals surface area contributed by atoms with Gasteiger partial charge in [-0.2, -0.15) is 5.10 Å². The molecule has 0 spiro atoms. The van der Waals surface area contributed by atoms with Gasteiger partial charge in [-0.15, -0.1) is 0 Å². The van der Waals surface area contributed by atoms with Gasteiger partial charge in [-0.25, -0.2) is 0 Å². The number of nitrogens with zero attached hydrogens (tertiary/aromatic N) is 3. The Hall–Kier alpha value is -2.34. The number of aryl methyl sites for hydroxylation is 1. The van der Waals surface area contributed by atoms with Crippen LogP contribution < -0.4 is 4.74 Å². The zero-order chi connectivity index (χ0) is 18.5. The van der Waals surface area contributed by atoms with Gasteiger partial charge in [0, 0.05) is 31.9 Å². The summed E-state index contributed by atoms with van der Waals surface area (Å²) < 4.78 is 12.8. The summed E-state index contributed by atoms with van der Waals surface area (Å²) in [6.45, 7) is 6.64. The van der Waals surface area contributed by atoms with Crippen LogP contribution >= 0.6 is 0 Å². The molecule has 1 aliphatic heterocycles. The molecule has 1 aromatic carbocycles. The van der Waals surface area contributed by atoms with Gasteiger partial charge in [-0.1, -0.05) is 12.1 Å². The molecule has 1 amide bonds. The molecule has 3 rings (SSSR count). The summed E-state index contributed by atoms with van der Waals surface area (Å²) in [5, 5.41) is 4.32. The van der Waals surface area contributed by atoms with E-state index in [1.807, 2.05) is 47.7 Å². The van der Waals surface area contributed by atoms with E-state index in [0.717, 1.165) is 43.0 Å². The summed E-state index contributed by atoms with van der Waals surface area (Å²) in [4.78, 5) is 15.1. The van der Waals surface area contributed by atoms with Crippen molar-refractivity contribution < 1.29 is 14.3 Å². The van der Waals surface area contributed by atoms with Crippen LogP contribution in [0.15, 0.2) is 30.5 Å². The Labute approximate surface area is 154 Å². The molecule has 2 heterocycles. The number of rotatable bonds is 7. The fourth-order valence-electron chi connectivity index (χ4n) is 3.35. The molecule has 1 aliphatic rings. The molecular weight excluding hydrogens is 330 g/mol. The Morgan fingerprint density at radius 3 is 2.73 bits per heavy atom. The Morgan fingerprint density at radius 2 is 2.15 bits per heavy atom. The van der Waals surface area contributed by atoms with Crippen molar-refractivity contribution in [2.45, 2.75) is 45.9 Å². The lowest BCUT2D eigenvalue weighted by Gasteiger charge is -2.25. The number of ether oxygens (including phenoxy) is 2. The van der Waals surface area contributed by atoms with Crippen LogP contribution in [0.4, 0.5) is 0 Å². The number of carbonyl (C=O) groups is 1. The smallest absolute Gasteiger partial charge is 0.257 e. The minimum atomic E-state index is 0.00789. The van der Waals surface area contributed by atoms with E-state index in [2.05, 4.69) is 5.10 Å².